The summed E-state index contributed by atoms with van der Waals surface area (Å²) in [6.07, 6.45) is 0.0415. The maximum Gasteiger partial charge on any atom is 0.262 e. The van der Waals surface area contributed by atoms with Crippen LogP contribution in [0, 0.1) is 13.8 Å². The van der Waals surface area contributed by atoms with Crippen LogP contribution in [0.25, 0.3) is 10.9 Å². The molecule has 152 valence electrons. The van der Waals surface area contributed by atoms with E-state index in [9.17, 15) is 14.7 Å². The van der Waals surface area contributed by atoms with E-state index in [0.29, 0.717) is 16.5 Å². The van der Waals surface area contributed by atoms with E-state index in [1.807, 2.05) is 32.0 Å². The number of fused-ring (bicyclic) bond motifs is 1. The third kappa shape index (κ3) is 4.08. The number of hydrogen-bond donors (Lipinski definition) is 2. The fourth-order valence-corrected chi connectivity index (χ4v) is 4.31. The highest BCUT2D eigenvalue weighted by atomic mass is 79.9. The average molecular weight is 485 g/mol. The van der Waals surface area contributed by atoms with E-state index in [1.54, 1.807) is 18.2 Å². The van der Waals surface area contributed by atoms with Gasteiger partial charge in [-0.2, -0.15) is 4.99 Å². The van der Waals surface area contributed by atoms with Crippen molar-refractivity contribution in [1.82, 2.24) is 4.98 Å². The summed E-state index contributed by atoms with van der Waals surface area (Å²) in [7, 11) is 0. The van der Waals surface area contributed by atoms with Gasteiger partial charge < -0.3 is 10.1 Å². The molecule has 1 aromatic heterocycles. The van der Waals surface area contributed by atoms with Gasteiger partial charge in [0.05, 0.1) is 5.52 Å². The van der Waals surface area contributed by atoms with Crippen molar-refractivity contribution in [2.45, 2.75) is 25.5 Å². The molecule has 4 rings (SSSR count). The molecule has 0 saturated carbocycles. The van der Waals surface area contributed by atoms with Gasteiger partial charge in [0.1, 0.15) is 5.25 Å². The summed E-state index contributed by atoms with van der Waals surface area (Å²) in [5.41, 5.74) is 3.69. The molecule has 0 saturated heterocycles. The second kappa shape index (κ2) is 8.16. The second-order valence-electron chi connectivity index (χ2n) is 6.98. The third-order valence-electron chi connectivity index (χ3n) is 4.88. The van der Waals surface area contributed by atoms with Crippen LogP contribution >= 0.6 is 27.7 Å². The Morgan fingerprint density at radius 1 is 1.20 bits per heavy atom. The Kier molecular flexibility index (Phi) is 5.57. The molecule has 2 N–H and O–H groups in total. The summed E-state index contributed by atoms with van der Waals surface area (Å²) in [5, 5.41) is 18.4. The van der Waals surface area contributed by atoms with Crippen molar-refractivity contribution in [3.05, 3.63) is 57.6 Å². The van der Waals surface area contributed by atoms with Gasteiger partial charge in [0.25, 0.3) is 5.91 Å². The lowest BCUT2D eigenvalue weighted by Crippen LogP contribution is -2.16. The Bertz CT molecular complexity index is 1250. The summed E-state index contributed by atoms with van der Waals surface area (Å²) in [6.45, 7) is 3.93. The van der Waals surface area contributed by atoms with Crippen LogP contribution in [0.5, 0.6) is 5.88 Å². The fraction of sp³-hybridized carbons (Fsp3) is 0.190. The Morgan fingerprint density at radius 2 is 2.00 bits per heavy atom. The molecule has 0 radical (unpaired) electrons. The number of halogens is 1. The number of nitrogens with zero attached hydrogens (tertiary/aromatic N) is 3. The van der Waals surface area contributed by atoms with Gasteiger partial charge in [0, 0.05) is 21.8 Å². The first-order valence-corrected chi connectivity index (χ1v) is 10.8. The van der Waals surface area contributed by atoms with Gasteiger partial charge in [0.15, 0.2) is 11.5 Å². The van der Waals surface area contributed by atoms with Gasteiger partial charge in [-0.15, -0.1) is 10.2 Å². The third-order valence-corrected chi connectivity index (χ3v) is 6.41. The zero-order chi connectivity index (χ0) is 21.4. The predicted octanol–water partition coefficient (Wildman–Crippen LogP) is 5.61. The van der Waals surface area contributed by atoms with Gasteiger partial charge >= 0.3 is 0 Å². The smallest absolute Gasteiger partial charge is 0.262 e. The number of thioether (sulfide) groups is 1. The van der Waals surface area contributed by atoms with Crippen molar-refractivity contribution in [3.8, 4) is 5.88 Å². The van der Waals surface area contributed by atoms with E-state index >= 15 is 0 Å². The number of Topliss-reactive ketones (excluding diaryl/α,β-unsaturated/α-hetero) is 1. The number of azo groups is 1. The van der Waals surface area contributed by atoms with Crippen molar-refractivity contribution >= 4 is 61.1 Å². The van der Waals surface area contributed by atoms with Crippen molar-refractivity contribution in [2.24, 2.45) is 15.2 Å². The number of aliphatic imine (C=N–C) groups is 1. The normalized spacial score (nSPS) is 16.6. The molecule has 1 aliphatic heterocycles. The minimum atomic E-state index is -0.626. The SMILES string of the molecule is Cc1ccc(C(=O)CC2SC(N=Nc3c(O)[nH]c4ccc(Br)cc34)=NC2=O)cc1C. The first kappa shape index (κ1) is 20.5. The Balaban J connectivity index is 1.48. The van der Waals surface area contributed by atoms with Crippen molar-refractivity contribution in [3.63, 3.8) is 0 Å². The summed E-state index contributed by atoms with van der Waals surface area (Å²) in [5.74, 6) is -0.642. The minimum absolute atomic E-state index is 0.0415. The summed E-state index contributed by atoms with van der Waals surface area (Å²) >= 11 is 4.49. The van der Waals surface area contributed by atoms with E-state index in [1.165, 1.54) is 0 Å². The Hall–Kier alpha value is -2.78. The molecule has 0 bridgehead atoms. The Morgan fingerprint density at radius 3 is 2.77 bits per heavy atom. The van der Waals surface area contributed by atoms with Gasteiger partial charge in [0.2, 0.25) is 11.0 Å². The van der Waals surface area contributed by atoms with Crippen LogP contribution in [0.15, 0.2) is 56.1 Å². The summed E-state index contributed by atoms with van der Waals surface area (Å²) < 4.78 is 0.832. The van der Waals surface area contributed by atoms with E-state index in [0.717, 1.165) is 27.4 Å². The molecule has 1 unspecified atom stereocenters. The van der Waals surface area contributed by atoms with Crippen LogP contribution in [0.1, 0.15) is 27.9 Å². The zero-order valence-electron chi connectivity index (χ0n) is 16.1. The quantitative estimate of drug-likeness (QED) is 0.370. The van der Waals surface area contributed by atoms with Crippen molar-refractivity contribution in [1.29, 1.82) is 0 Å². The van der Waals surface area contributed by atoms with Crippen molar-refractivity contribution in [2.75, 3.05) is 0 Å². The number of H-pyrrole nitrogens is 1. The summed E-state index contributed by atoms with van der Waals surface area (Å²) in [6, 6.07) is 11.0. The predicted molar refractivity (Wildman–Crippen MR) is 121 cm³/mol. The lowest BCUT2D eigenvalue weighted by atomic mass is 10.0. The fourth-order valence-electron chi connectivity index (χ4n) is 3.08. The van der Waals surface area contributed by atoms with E-state index in [-0.39, 0.29) is 28.9 Å². The molecule has 30 heavy (non-hydrogen) atoms. The number of aromatic nitrogens is 1. The van der Waals surface area contributed by atoms with Crippen LogP contribution in [0.4, 0.5) is 5.69 Å². The highest BCUT2D eigenvalue weighted by Crippen LogP contribution is 2.37. The molecule has 0 spiro atoms. The summed E-state index contributed by atoms with van der Waals surface area (Å²) in [4.78, 5) is 31.5. The van der Waals surface area contributed by atoms with E-state index < -0.39 is 11.2 Å². The number of amides is 1. The van der Waals surface area contributed by atoms with Crippen LogP contribution in [0.2, 0.25) is 0 Å². The molecule has 9 heteroatoms. The zero-order valence-corrected chi connectivity index (χ0v) is 18.5. The van der Waals surface area contributed by atoms with Crippen LogP contribution in [-0.4, -0.2) is 32.2 Å². The first-order valence-electron chi connectivity index (χ1n) is 9.13. The number of aromatic hydroxyl groups is 1. The average Bonchev–Trinajstić information content (AvgIpc) is 3.20. The monoisotopic (exact) mass is 484 g/mol. The van der Waals surface area contributed by atoms with Gasteiger partial charge in [-0.05, 0) is 49.2 Å². The van der Waals surface area contributed by atoms with Crippen LogP contribution < -0.4 is 0 Å². The number of amidine groups is 1. The largest absolute Gasteiger partial charge is 0.493 e. The molecule has 1 atom stereocenters. The molecule has 0 fully saturated rings. The van der Waals surface area contributed by atoms with Gasteiger partial charge in [-0.25, -0.2) is 0 Å². The minimum Gasteiger partial charge on any atom is -0.493 e. The molecule has 7 nitrogen and oxygen atoms in total. The van der Waals surface area contributed by atoms with Crippen molar-refractivity contribution < 1.29 is 14.7 Å². The number of carbonyl (C=O) groups excluding carboxylic acids is 2. The molecule has 1 amide bonds. The molecule has 2 aromatic carbocycles. The molecule has 0 aliphatic carbocycles. The molecular formula is C21H17BrN4O3S. The van der Waals surface area contributed by atoms with Gasteiger partial charge in [-0.1, -0.05) is 39.8 Å². The van der Waals surface area contributed by atoms with E-state index in [4.69, 9.17) is 0 Å². The lowest BCUT2D eigenvalue weighted by Gasteiger charge is -2.07. The number of ketones is 1. The molecule has 3 aromatic rings. The van der Waals surface area contributed by atoms with Crippen LogP contribution in [-0.2, 0) is 4.79 Å². The number of hydrogen-bond acceptors (Lipinski definition) is 6. The topological polar surface area (TPSA) is 107 Å². The maximum absolute atomic E-state index is 12.6. The number of aryl methyl sites for hydroxylation is 2. The van der Waals surface area contributed by atoms with Gasteiger partial charge in [-0.3, -0.25) is 9.59 Å². The number of nitrogens with one attached hydrogen (secondary N) is 1. The highest BCUT2D eigenvalue weighted by Gasteiger charge is 2.31. The highest BCUT2D eigenvalue weighted by molar-refractivity contribution is 9.10. The molecular weight excluding hydrogens is 468 g/mol. The number of carbonyl (C=O) groups is 2. The first-order chi connectivity index (χ1) is 14.3. The standard InChI is InChI=1S/C21H17BrN4O3S/c1-10-3-4-12(7-11(10)2)16(27)9-17-19(28)24-21(30-17)26-25-18-14-8-13(22)5-6-15(14)23-20(18)29/h3-8,17,23,29H,9H2,1-2H3. The van der Waals surface area contributed by atoms with Crippen LogP contribution in [0.3, 0.4) is 0 Å². The maximum atomic E-state index is 12.6. The lowest BCUT2D eigenvalue weighted by molar-refractivity contribution is -0.117. The molecule has 2 heterocycles. The number of aromatic amines is 1. The second-order valence-corrected chi connectivity index (χ2v) is 9.06. The Labute approximate surface area is 184 Å². The number of rotatable bonds is 4. The molecule has 1 aliphatic rings. The van der Waals surface area contributed by atoms with E-state index in [2.05, 4.69) is 36.1 Å². The number of benzene rings is 2.